The first-order valence-corrected chi connectivity index (χ1v) is 9.84. The number of aromatic nitrogens is 2. The first kappa shape index (κ1) is 18.8. The number of phosphoric acid groups is 1. The van der Waals surface area contributed by atoms with Gasteiger partial charge in [0.05, 0.1) is 25.0 Å². The number of aliphatic hydroxyl groups excluding tert-OH is 1. The van der Waals surface area contributed by atoms with Crippen molar-refractivity contribution in [1.29, 1.82) is 0 Å². The van der Waals surface area contributed by atoms with Crippen molar-refractivity contribution in [2.24, 2.45) is 10.7 Å². The number of nitrogens with two attached hydrogens (primary N) is 1. The van der Waals surface area contributed by atoms with E-state index < -0.39 is 26.3 Å². The van der Waals surface area contributed by atoms with E-state index in [0.29, 0.717) is 17.2 Å². The molecule has 0 radical (unpaired) electrons. The van der Waals surface area contributed by atoms with Crippen LogP contribution in [0.4, 0.5) is 11.5 Å². The van der Waals surface area contributed by atoms with Crippen molar-refractivity contribution < 1.29 is 28.7 Å². The lowest BCUT2D eigenvalue weighted by molar-refractivity contribution is -0.00729. The predicted molar refractivity (Wildman–Crippen MR) is 99.0 cm³/mol. The van der Waals surface area contributed by atoms with Crippen molar-refractivity contribution in [2.75, 3.05) is 11.5 Å². The summed E-state index contributed by atoms with van der Waals surface area (Å²) >= 11 is 0. The number of rotatable bonds is 5. The van der Waals surface area contributed by atoms with Crippen molar-refractivity contribution in [3.05, 3.63) is 48.4 Å². The Morgan fingerprint density at radius 2 is 2.07 bits per heavy atom. The molecular weight excluding hydrogens is 389 g/mol. The van der Waals surface area contributed by atoms with Crippen molar-refractivity contribution in [1.82, 2.24) is 9.55 Å². The first-order valence-electron chi connectivity index (χ1n) is 8.31. The largest absolute Gasteiger partial charge is 0.524 e. The van der Waals surface area contributed by atoms with Gasteiger partial charge in [-0.25, -0.2) is 14.5 Å². The standard InChI is InChI=1S/C16H18N5O6P/c17-15-14-16(21(8-18-14)13-6-5-10(7-22)26-13)19-9-20(15)11-3-1-2-4-12(11)27-28(23,24)25/h1-6,8-10,13,15,22H,7,17H2,(H2,23,24,25)/t10-,13+,15?/m0/s1. The molecule has 0 aliphatic carbocycles. The molecule has 0 spiro atoms. The summed E-state index contributed by atoms with van der Waals surface area (Å²) in [5.41, 5.74) is 7.12. The lowest BCUT2D eigenvalue weighted by Gasteiger charge is -2.30. The first-order chi connectivity index (χ1) is 13.4. The second kappa shape index (κ2) is 7.13. The minimum atomic E-state index is -4.75. The molecule has 0 bridgehead atoms. The van der Waals surface area contributed by atoms with E-state index in [1.807, 2.05) is 0 Å². The van der Waals surface area contributed by atoms with Gasteiger partial charge in [0.2, 0.25) is 0 Å². The molecule has 11 nitrogen and oxygen atoms in total. The quantitative estimate of drug-likeness (QED) is 0.418. The van der Waals surface area contributed by atoms with Crippen LogP contribution in [0.2, 0.25) is 0 Å². The Morgan fingerprint density at radius 3 is 2.79 bits per heavy atom. The monoisotopic (exact) mass is 407 g/mol. The topological polar surface area (TPSA) is 156 Å². The number of hydrogen-bond donors (Lipinski definition) is 4. The number of anilines is 1. The smallest absolute Gasteiger partial charge is 0.402 e. The molecular formula is C16H18N5O6P. The molecule has 2 aliphatic rings. The van der Waals surface area contributed by atoms with E-state index in [0.717, 1.165) is 0 Å². The maximum atomic E-state index is 11.3. The number of nitrogens with zero attached hydrogens (tertiary/aromatic N) is 4. The molecule has 0 fully saturated rings. The summed E-state index contributed by atoms with van der Waals surface area (Å²) in [6, 6.07) is 6.30. The predicted octanol–water partition coefficient (Wildman–Crippen LogP) is 0.938. The number of benzene rings is 1. The van der Waals surface area contributed by atoms with Crippen molar-refractivity contribution >= 4 is 25.7 Å². The van der Waals surface area contributed by atoms with Gasteiger partial charge in [-0.15, -0.1) is 0 Å². The summed E-state index contributed by atoms with van der Waals surface area (Å²) in [4.78, 5) is 28.5. The molecule has 12 heteroatoms. The molecule has 4 rings (SSSR count). The molecule has 1 unspecified atom stereocenters. The third-order valence-electron chi connectivity index (χ3n) is 4.30. The molecule has 2 aromatic rings. The fourth-order valence-electron chi connectivity index (χ4n) is 3.06. The van der Waals surface area contributed by atoms with Gasteiger partial charge in [-0.1, -0.05) is 18.2 Å². The number of imidazole rings is 1. The van der Waals surface area contributed by atoms with Gasteiger partial charge in [0, 0.05) is 0 Å². The highest BCUT2D eigenvalue weighted by atomic mass is 31.2. The Hall–Kier alpha value is -2.53. The summed E-state index contributed by atoms with van der Waals surface area (Å²) in [5.74, 6) is 0.457. The van der Waals surface area contributed by atoms with Crippen LogP contribution in [0.15, 0.2) is 47.7 Å². The molecule has 1 aromatic carbocycles. The van der Waals surface area contributed by atoms with Crippen LogP contribution in [0.25, 0.3) is 0 Å². The number of ether oxygens (including phenoxy) is 1. The lowest BCUT2D eigenvalue weighted by Crippen LogP contribution is -2.36. The number of aliphatic imine (C=N–C) groups is 1. The molecule has 28 heavy (non-hydrogen) atoms. The highest BCUT2D eigenvalue weighted by Gasteiger charge is 2.32. The van der Waals surface area contributed by atoms with Gasteiger partial charge in [0.25, 0.3) is 0 Å². The van der Waals surface area contributed by atoms with Gasteiger partial charge in [0.1, 0.15) is 18.0 Å². The summed E-state index contributed by atoms with van der Waals surface area (Å²) in [6.07, 6.45) is 4.90. The van der Waals surface area contributed by atoms with Crippen molar-refractivity contribution in [2.45, 2.75) is 18.5 Å². The molecule has 2 aliphatic heterocycles. The van der Waals surface area contributed by atoms with Crippen LogP contribution in [0.1, 0.15) is 18.1 Å². The number of hydrogen-bond acceptors (Lipinski definition) is 8. The molecule has 1 aromatic heterocycles. The Kier molecular flexibility index (Phi) is 4.79. The Labute approximate surface area is 159 Å². The van der Waals surface area contributed by atoms with E-state index in [2.05, 4.69) is 9.98 Å². The van der Waals surface area contributed by atoms with Crippen LogP contribution in [0.3, 0.4) is 0 Å². The average Bonchev–Trinajstić information content (AvgIpc) is 3.28. The van der Waals surface area contributed by atoms with Crippen LogP contribution in [0.5, 0.6) is 5.75 Å². The van der Waals surface area contributed by atoms with E-state index in [-0.39, 0.29) is 12.4 Å². The zero-order chi connectivity index (χ0) is 19.9. The normalized spacial score (nSPS) is 23.9. The van der Waals surface area contributed by atoms with Gasteiger partial charge < -0.3 is 25.0 Å². The van der Waals surface area contributed by atoms with Gasteiger partial charge in [-0.05, 0) is 18.2 Å². The van der Waals surface area contributed by atoms with E-state index in [4.69, 9.17) is 24.8 Å². The fraction of sp³-hybridized carbons (Fsp3) is 0.250. The number of phosphoric ester groups is 1. The second-order valence-corrected chi connectivity index (χ2v) is 7.30. The molecule has 5 N–H and O–H groups in total. The van der Waals surface area contributed by atoms with Gasteiger partial charge in [0.15, 0.2) is 17.8 Å². The summed E-state index contributed by atoms with van der Waals surface area (Å²) in [6.45, 7) is -0.128. The maximum absolute atomic E-state index is 11.3. The average molecular weight is 407 g/mol. The van der Waals surface area contributed by atoms with Gasteiger partial charge >= 0.3 is 7.82 Å². The third-order valence-corrected chi connectivity index (χ3v) is 4.73. The minimum absolute atomic E-state index is 0.0338. The van der Waals surface area contributed by atoms with Gasteiger partial charge in [-0.2, -0.15) is 0 Å². The number of fused-ring (bicyclic) bond motifs is 1. The summed E-state index contributed by atoms with van der Waals surface area (Å²) in [7, 11) is -4.75. The zero-order valence-corrected chi connectivity index (χ0v) is 15.3. The Morgan fingerprint density at radius 1 is 1.29 bits per heavy atom. The van der Waals surface area contributed by atoms with E-state index >= 15 is 0 Å². The molecule has 0 amide bonds. The minimum Gasteiger partial charge on any atom is -0.402 e. The van der Waals surface area contributed by atoms with Crippen LogP contribution in [-0.2, 0) is 9.30 Å². The molecule has 148 valence electrons. The second-order valence-electron chi connectivity index (χ2n) is 6.14. The van der Waals surface area contributed by atoms with Crippen molar-refractivity contribution in [3.63, 3.8) is 0 Å². The molecule has 3 atom stereocenters. The third kappa shape index (κ3) is 3.47. The Balaban J connectivity index is 1.65. The van der Waals surface area contributed by atoms with Crippen LogP contribution >= 0.6 is 7.82 Å². The number of aliphatic hydroxyl groups is 1. The molecule has 0 saturated carbocycles. The van der Waals surface area contributed by atoms with E-state index in [9.17, 15) is 9.67 Å². The van der Waals surface area contributed by atoms with E-state index in [1.165, 1.54) is 23.6 Å². The van der Waals surface area contributed by atoms with Crippen LogP contribution in [-0.4, -0.2) is 43.5 Å². The highest BCUT2D eigenvalue weighted by molar-refractivity contribution is 7.46. The van der Waals surface area contributed by atoms with Gasteiger partial charge in [-0.3, -0.25) is 14.4 Å². The highest BCUT2D eigenvalue weighted by Crippen LogP contribution is 2.44. The fourth-order valence-corrected chi connectivity index (χ4v) is 3.47. The van der Waals surface area contributed by atoms with E-state index in [1.54, 1.807) is 34.9 Å². The molecule has 3 heterocycles. The molecule has 0 saturated heterocycles. The summed E-state index contributed by atoms with van der Waals surface area (Å²) in [5, 5.41) is 9.20. The summed E-state index contributed by atoms with van der Waals surface area (Å²) < 4.78 is 23.4. The van der Waals surface area contributed by atoms with Crippen molar-refractivity contribution in [3.8, 4) is 5.75 Å². The maximum Gasteiger partial charge on any atom is 0.524 e. The van der Waals surface area contributed by atoms with Crippen LogP contribution < -0.4 is 15.2 Å². The number of para-hydroxylation sites is 2. The SMILES string of the molecule is NC1c2ncn([C@H]3C=C[C@@H](CO)O3)c2N=CN1c1ccccc1OP(=O)(O)O. The Bertz CT molecular complexity index is 986. The lowest BCUT2D eigenvalue weighted by atomic mass is 10.2. The zero-order valence-electron chi connectivity index (χ0n) is 14.4. The van der Waals surface area contributed by atoms with Crippen LogP contribution in [0, 0.1) is 0 Å².